The van der Waals surface area contributed by atoms with Crippen molar-refractivity contribution < 1.29 is 13.2 Å². The Hall–Kier alpha value is -1.39. The van der Waals surface area contributed by atoms with Gasteiger partial charge in [0.1, 0.15) is 0 Å². The fourth-order valence-corrected chi connectivity index (χ4v) is 3.14. The van der Waals surface area contributed by atoms with Gasteiger partial charge in [0.15, 0.2) is 0 Å². The highest BCUT2D eigenvalue weighted by Crippen LogP contribution is 2.15. The normalized spacial score (nSPS) is 12.6. The van der Waals surface area contributed by atoms with Gasteiger partial charge < -0.3 is 10.5 Å². The first-order valence-electron chi connectivity index (χ1n) is 6.71. The molecule has 0 bridgehead atoms. The standard InChI is InChI=1S/C15H22N2O3S/c1-12-11-15(7-6-14(12)5-4-9-16)21(18,19)17-13(2)8-10-20-3/h6-7,11,13,17H,8-10,16H2,1-3H3. The summed E-state index contributed by atoms with van der Waals surface area (Å²) in [5.74, 6) is 5.67. The lowest BCUT2D eigenvalue weighted by molar-refractivity contribution is 0.188. The second-order valence-electron chi connectivity index (χ2n) is 4.79. The molecule has 1 rings (SSSR count). The Kier molecular flexibility index (Phi) is 6.85. The van der Waals surface area contributed by atoms with Crippen molar-refractivity contribution in [2.75, 3.05) is 20.3 Å². The quantitative estimate of drug-likeness (QED) is 0.768. The Labute approximate surface area is 126 Å². The second-order valence-corrected chi connectivity index (χ2v) is 6.50. The van der Waals surface area contributed by atoms with Crippen molar-refractivity contribution in [2.45, 2.75) is 31.2 Å². The highest BCUT2D eigenvalue weighted by Gasteiger charge is 2.17. The van der Waals surface area contributed by atoms with Crippen molar-refractivity contribution >= 4 is 10.0 Å². The van der Waals surface area contributed by atoms with Crippen LogP contribution in [-0.4, -0.2) is 34.7 Å². The lowest BCUT2D eigenvalue weighted by Gasteiger charge is -2.14. The molecule has 116 valence electrons. The van der Waals surface area contributed by atoms with E-state index in [0.717, 1.165) is 11.1 Å². The van der Waals surface area contributed by atoms with E-state index < -0.39 is 10.0 Å². The third-order valence-corrected chi connectivity index (χ3v) is 4.53. The number of hydrogen-bond acceptors (Lipinski definition) is 4. The molecular formula is C15H22N2O3S. The van der Waals surface area contributed by atoms with Gasteiger partial charge in [-0.1, -0.05) is 11.8 Å². The number of methoxy groups -OCH3 is 1. The molecule has 0 spiro atoms. The van der Waals surface area contributed by atoms with Crippen molar-refractivity contribution in [3.8, 4) is 11.8 Å². The topological polar surface area (TPSA) is 81.4 Å². The zero-order valence-corrected chi connectivity index (χ0v) is 13.5. The van der Waals surface area contributed by atoms with Crippen LogP contribution < -0.4 is 10.5 Å². The predicted molar refractivity (Wildman–Crippen MR) is 83.4 cm³/mol. The molecule has 0 aliphatic carbocycles. The molecule has 5 nitrogen and oxygen atoms in total. The highest BCUT2D eigenvalue weighted by atomic mass is 32.2. The predicted octanol–water partition coefficient (Wildman–Crippen LogP) is 1.01. The van der Waals surface area contributed by atoms with Gasteiger partial charge in [0.05, 0.1) is 11.4 Å². The van der Waals surface area contributed by atoms with E-state index in [9.17, 15) is 8.42 Å². The minimum atomic E-state index is -3.53. The molecule has 0 saturated heterocycles. The van der Waals surface area contributed by atoms with Gasteiger partial charge in [-0.3, -0.25) is 0 Å². The molecule has 6 heteroatoms. The van der Waals surface area contributed by atoms with Crippen LogP contribution in [0.3, 0.4) is 0 Å². The summed E-state index contributed by atoms with van der Waals surface area (Å²) in [5.41, 5.74) is 6.92. The number of aryl methyl sites for hydroxylation is 1. The maximum absolute atomic E-state index is 12.3. The third-order valence-electron chi connectivity index (χ3n) is 2.94. The van der Waals surface area contributed by atoms with E-state index in [4.69, 9.17) is 10.5 Å². The van der Waals surface area contributed by atoms with Crippen LogP contribution in [0.15, 0.2) is 23.1 Å². The number of nitrogens with two attached hydrogens (primary N) is 1. The molecule has 0 aliphatic rings. The molecule has 0 heterocycles. The van der Waals surface area contributed by atoms with Gasteiger partial charge in [-0.25, -0.2) is 13.1 Å². The molecule has 1 atom stereocenters. The summed E-state index contributed by atoms with van der Waals surface area (Å²) in [4.78, 5) is 0.238. The smallest absolute Gasteiger partial charge is 0.240 e. The average molecular weight is 310 g/mol. The first kappa shape index (κ1) is 17.7. The van der Waals surface area contributed by atoms with Crippen molar-refractivity contribution in [3.63, 3.8) is 0 Å². The molecule has 0 amide bonds. The van der Waals surface area contributed by atoms with E-state index >= 15 is 0 Å². The molecule has 3 N–H and O–H groups in total. The Morgan fingerprint density at radius 3 is 2.71 bits per heavy atom. The van der Waals surface area contributed by atoms with Gasteiger partial charge >= 0.3 is 0 Å². The maximum atomic E-state index is 12.3. The fraction of sp³-hybridized carbons (Fsp3) is 0.467. The summed E-state index contributed by atoms with van der Waals surface area (Å²) in [7, 11) is -1.94. The van der Waals surface area contributed by atoms with E-state index in [1.807, 2.05) is 13.8 Å². The maximum Gasteiger partial charge on any atom is 0.240 e. The van der Waals surface area contributed by atoms with E-state index in [-0.39, 0.29) is 17.5 Å². The summed E-state index contributed by atoms with van der Waals surface area (Å²) in [6, 6.07) is 4.68. The molecule has 0 fully saturated rings. The zero-order chi connectivity index (χ0) is 15.9. The summed E-state index contributed by atoms with van der Waals surface area (Å²) >= 11 is 0. The zero-order valence-electron chi connectivity index (χ0n) is 12.6. The third kappa shape index (κ3) is 5.48. The Balaban J connectivity index is 2.91. The molecular weight excluding hydrogens is 288 g/mol. The van der Waals surface area contributed by atoms with Gasteiger partial charge in [0.2, 0.25) is 10.0 Å². The van der Waals surface area contributed by atoms with Gasteiger partial charge in [-0.05, 0) is 44.0 Å². The molecule has 1 unspecified atom stereocenters. The number of ether oxygens (including phenoxy) is 1. The first-order valence-corrected chi connectivity index (χ1v) is 8.20. The summed E-state index contributed by atoms with van der Waals surface area (Å²) in [6.07, 6.45) is 0.620. The summed E-state index contributed by atoms with van der Waals surface area (Å²) < 4.78 is 32.1. The lowest BCUT2D eigenvalue weighted by Crippen LogP contribution is -2.33. The SMILES string of the molecule is COCCC(C)NS(=O)(=O)c1ccc(C#CCN)c(C)c1. The number of hydrogen-bond donors (Lipinski definition) is 2. The van der Waals surface area contributed by atoms with E-state index in [2.05, 4.69) is 16.6 Å². The largest absolute Gasteiger partial charge is 0.385 e. The first-order chi connectivity index (χ1) is 9.90. The van der Waals surface area contributed by atoms with Crippen LogP contribution in [0.25, 0.3) is 0 Å². The van der Waals surface area contributed by atoms with Gasteiger partial charge in [-0.15, -0.1) is 0 Å². The van der Waals surface area contributed by atoms with Crippen molar-refractivity contribution in [1.29, 1.82) is 0 Å². The molecule has 1 aromatic rings. The van der Waals surface area contributed by atoms with Crippen molar-refractivity contribution in [3.05, 3.63) is 29.3 Å². The molecule has 0 aliphatic heterocycles. The molecule has 0 aromatic heterocycles. The van der Waals surface area contributed by atoms with Crippen LogP contribution in [0.1, 0.15) is 24.5 Å². The second kappa shape index (κ2) is 8.15. The summed E-state index contributed by atoms with van der Waals surface area (Å²) in [5, 5.41) is 0. The number of nitrogens with one attached hydrogen (secondary N) is 1. The molecule has 0 radical (unpaired) electrons. The Bertz CT molecular complexity index is 630. The van der Waals surface area contributed by atoms with Crippen LogP contribution in [0.2, 0.25) is 0 Å². The highest BCUT2D eigenvalue weighted by molar-refractivity contribution is 7.89. The van der Waals surface area contributed by atoms with Crippen LogP contribution in [0.5, 0.6) is 0 Å². The number of rotatable bonds is 6. The van der Waals surface area contributed by atoms with Gasteiger partial charge in [0.25, 0.3) is 0 Å². The van der Waals surface area contributed by atoms with E-state index in [1.165, 1.54) is 0 Å². The van der Waals surface area contributed by atoms with Crippen LogP contribution in [0.4, 0.5) is 0 Å². The lowest BCUT2D eigenvalue weighted by atomic mass is 10.1. The van der Waals surface area contributed by atoms with Gasteiger partial charge in [-0.2, -0.15) is 0 Å². The van der Waals surface area contributed by atoms with Crippen molar-refractivity contribution in [1.82, 2.24) is 4.72 Å². The minimum absolute atomic E-state index is 0.188. The monoisotopic (exact) mass is 310 g/mol. The van der Waals surface area contributed by atoms with Crippen LogP contribution >= 0.6 is 0 Å². The fourth-order valence-electron chi connectivity index (χ4n) is 1.78. The molecule has 1 aromatic carbocycles. The van der Waals surface area contributed by atoms with Crippen LogP contribution in [0, 0.1) is 18.8 Å². The Morgan fingerprint density at radius 2 is 2.14 bits per heavy atom. The summed E-state index contributed by atoms with van der Waals surface area (Å²) in [6.45, 7) is 4.42. The van der Waals surface area contributed by atoms with Gasteiger partial charge in [0, 0.05) is 25.3 Å². The minimum Gasteiger partial charge on any atom is -0.385 e. The van der Waals surface area contributed by atoms with E-state index in [1.54, 1.807) is 25.3 Å². The molecule has 21 heavy (non-hydrogen) atoms. The van der Waals surface area contributed by atoms with E-state index in [0.29, 0.717) is 13.0 Å². The number of benzene rings is 1. The number of sulfonamides is 1. The Morgan fingerprint density at radius 1 is 1.43 bits per heavy atom. The average Bonchev–Trinajstić information content (AvgIpc) is 2.43. The van der Waals surface area contributed by atoms with Crippen LogP contribution in [-0.2, 0) is 14.8 Å². The van der Waals surface area contributed by atoms with Crippen molar-refractivity contribution in [2.24, 2.45) is 5.73 Å². The molecule has 0 saturated carbocycles.